The molecule has 1 N–H and O–H groups in total. The third-order valence-corrected chi connectivity index (χ3v) is 2.97. The SMILES string of the molecule is COC(=O)NCCn1c(=O)c(C)cc2ccccc21. The number of methoxy groups -OCH3 is 1. The monoisotopic (exact) mass is 260 g/mol. The number of rotatable bonds is 3. The summed E-state index contributed by atoms with van der Waals surface area (Å²) in [5, 5.41) is 3.58. The quantitative estimate of drug-likeness (QED) is 0.913. The Kier molecular flexibility index (Phi) is 3.85. The second kappa shape index (κ2) is 5.56. The molecule has 0 aliphatic heterocycles. The van der Waals surface area contributed by atoms with E-state index in [4.69, 9.17) is 0 Å². The molecule has 19 heavy (non-hydrogen) atoms. The van der Waals surface area contributed by atoms with Gasteiger partial charge in [0.2, 0.25) is 0 Å². The first-order valence-electron chi connectivity index (χ1n) is 6.04. The van der Waals surface area contributed by atoms with Crippen LogP contribution < -0.4 is 10.9 Å². The van der Waals surface area contributed by atoms with Gasteiger partial charge in [-0.2, -0.15) is 0 Å². The molecule has 2 rings (SSSR count). The standard InChI is InChI=1S/C14H16N2O3/c1-10-9-11-5-3-4-6-12(11)16(13(10)17)8-7-15-14(18)19-2/h3-6,9H,7-8H2,1-2H3,(H,15,18). The fourth-order valence-electron chi connectivity index (χ4n) is 2.04. The molecule has 1 aromatic carbocycles. The maximum absolute atomic E-state index is 12.1. The Morgan fingerprint density at radius 3 is 2.84 bits per heavy atom. The van der Waals surface area contributed by atoms with Crippen LogP contribution in [0.4, 0.5) is 4.79 Å². The van der Waals surface area contributed by atoms with Crippen molar-refractivity contribution >= 4 is 17.0 Å². The van der Waals surface area contributed by atoms with Crippen molar-refractivity contribution in [1.82, 2.24) is 9.88 Å². The predicted molar refractivity (Wildman–Crippen MR) is 73.4 cm³/mol. The molecular formula is C14H16N2O3. The Hall–Kier alpha value is -2.30. The van der Waals surface area contributed by atoms with Crippen molar-refractivity contribution in [3.63, 3.8) is 0 Å². The zero-order chi connectivity index (χ0) is 13.8. The van der Waals surface area contributed by atoms with Gasteiger partial charge in [-0.05, 0) is 24.4 Å². The Balaban J connectivity index is 2.33. The lowest BCUT2D eigenvalue weighted by Gasteiger charge is -2.11. The number of pyridine rings is 1. The molecule has 1 aromatic heterocycles. The van der Waals surface area contributed by atoms with E-state index in [9.17, 15) is 9.59 Å². The van der Waals surface area contributed by atoms with Gasteiger partial charge in [-0.3, -0.25) is 4.79 Å². The van der Waals surface area contributed by atoms with Crippen molar-refractivity contribution in [2.45, 2.75) is 13.5 Å². The van der Waals surface area contributed by atoms with E-state index in [2.05, 4.69) is 10.1 Å². The van der Waals surface area contributed by atoms with Crippen molar-refractivity contribution in [3.05, 3.63) is 46.2 Å². The molecule has 0 spiro atoms. The summed E-state index contributed by atoms with van der Waals surface area (Å²) in [5.74, 6) is 0. The molecule has 2 aromatic rings. The third kappa shape index (κ3) is 2.76. The summed E-state index contributed by atoms with van der Waals surface area (Å²) in [6.45, 7) is 2.55. The number of carbonyl (C=O) groups is 1. The number of nitrogens with zero attached hydrogens (tertiary/aromatic N) is 1. The second-order valence-electron chi connectivity index (χ2n) is 4.26. The summed E-state index contributed by atoms with van der Waals surface area (Å²) in [5.41, 5.74) is 1.52. The van der Waals surface area contributed by atoms with Gasteiger partial charge in [0, 0.05) is 18.7 Å². The highest BCUT2D eigenvalue weighted by Gasteiger charge is 2.06. The van der Waals surface area contributed by atoms with Crippen LogP contribution in [0, 0.1) is 6.92 Å². The number of benzene rings is 1. The third-order valence-electron chi connectivity index (χ3n) is 2.97. The minimum atomic E-state index is -0.495. The fourth-order valence-corrected chi connectivity index (χ4v) is 2.04. The molecule has 5 nitrogen and oxygen atoms in total. The van der Waals surface area contributed by atoms with Crippen LogP contribution in [0.2, 0.25) is 0 Å². The van der Waals surface area contributed by atoms with Crippen LogP contribution in [0.15, 0.2) is 35.1 Å². The summed E-state index contributed by atoms with van der Waals surface area (Å²) in [6.07, 6.45) is -0.495. The van der Waals surface area contributed by atoms with Gasteiger partial charge in [0.15, 0.2) is 0 Å². The molecule has 100 valence electrons. The topological polar surface area (TPSA) is 60.3 Å². The number of para-hydroxylation sites is 1. The number of amides is 1. The van der Waals surface area contributed by atoms with Crippen molar-refractivity contribution in [2.75, 3.05) is 13.7 Å². The van der Waals surface area contributed by atoms with E-state index in [0.29, 0.717) is 18.7 Å². The first kappa shape index (κ1) is 13.1. The number of aromatic nitrogens is 1. The van der Waals surface area contributed by atoms with Gasteiger partial charge in [0.1, 0.15) is 0 Å². The number of carbonyl (C=O) groups excluding carboxylic acids is 1. The maximum Gasteiger partial charge on any atom is 0.406 e. The molecule has 0 unspecified atom stereocenters. The van der Waals surface area contributed by atoms with E-state index in [-0.39, 0.29) is 5.56 Å². The summed E-state index contributed by atoms with van der Waals surface area (Å²) in [6, 6.07) is 9.56. The van der Waals surface area contributed by atoms with E-state index in [1.165, 1.54) is 7.11 Å². The highest BCUT2D eigenvalue weighted by molar-refractivity contribution is 5.79. The maximum atomic E-state index is 12.1. The minimum absolute atomic E-state index is 0.0367. The number of alkyl carbamates (subject to hydrolysis) is 1. The fraction of sp³-hybridized carbons (Fsp3) is 0.286. The van der Waals surface area contributed by atoms with Crippen molar-refractivity contribution in [3.8, 4) is 0 Å². The summed E-state index contributed by atoms with van der Waals surface area (Å²) < 4.78 is 6.16. The Morgan fingerprint density at radius 1 is 1.37 bits per heavy atom. The summed E-state index contributed by atoms with van der Waals surface area (Å²) >= 11 is 0. The zero-order valence-corrected chi connectivity index (χ0v) is 11.0. The lowest BCUT2D eigenvalue weighted by atomic mass is 10.1. The van der Waals surface area contributed by atoms with E-state index in [1.54, 1.807) is 11.5 Å². The number of nitrogens with one attached hydrogen (secondary N) is 1. The second-order valence-corrected chi connectivity index (χ2v) is 4.26. The van der Waals surface area contributed by atoms with Gasteiger partial charge in [0.25, 0.3) is 5.56 Å². The van der Waals surface area contributed by atoms with Crippen molar-refractivity contribution in [2.24, 2.45) is 0 Å². The highest BCUT2D eigenvalue weighted by atomic mass is 16.5. The Morgan fingerprint density at radius 2 is 2.11 bits per heavy atom. The van der Waals surface area contributed by atoms with Gasteiger partial charge in [-0.1, -0.05) is 18.2 Å². The van der Waals surface area contributed by atoms with Crippen LogP contribution in [0.5, 0.6) is 0 Å². The molecule has 0 aliphatic carbocycles. The average Bonchev–Trinajstić information content (AvgIpc) is 2.42. The minimum Gasteiger partial charge on any atom is -0.453 e. The lowest BCUT2D eigenvalue weighted by Crippen LogP contribution is -2.31. The molecule has 1 heterocycles. The number of aryl methyl sites for hydroxylation is 1. The molecule has 5 heteroatoms. The van der Waals surface area contributed by atoms with Gasteiger partial charge in [-0.25, -0.2) is 4.79 Å². The molecule has 0 radical (unpaired) electrons. The smallest absolute Gasteiger partial charge is 0.406 e. The molecule has 0 atom stereocenters. The zero-order valence-electron chi connectivity index (χ0n) is 11.0. The van der Waals surface area contributed by atoms with E-state index in [1.807, 2.05) is 30.3 Å². The largest absolute Gasteiger partial charge is 0.453 e. The van der Waals surface area contributed by atoms with Crippen LogP contribution in [0.3, 0.4) is 0 Å². The van der Waals surface area contributed by atoms with E-state index >= 15 is 0 Å². The predicted octanol–water partition coefficient (Wildman–Crippen LogP) is 1.67. The molecule has 1 amide bonds. The summed E-state index contributed by atoms with van der Waals surface area (Å²) in [7, 11) is 1.31. The molecule has 0 saturated carbocycles. The first-order valence-corrected chi connectivity index (χ1v) is 6.04. The first-order chi connectivity index (χ1) is 9.13. The average molecular weight is 260 g/mol. The molecule has 0 aliphatic rings. The number of fused-ring (bicyclic) bond motifs is 1. The van der Waals surface area contributed by atoms with Crippen molar-refractivity contribution in [1.29, 1.82) is 0 Å². The Labute approximate surface area is 110 Å². The van der Waals surface area contributed by atoms with E-state index in [0.717, 1.165) is 10.9 Å². The van der Waals surface area contributed by atoms with Crippen LogP contribution in [0.1, 0.15) is 5.56 Å². The van der Waals surface area contributed by atoms with Gasteiger partial charge < -0.3 is 14.6 Å². The Bertz CT molecular complexity index is 661. The van der Waals surface area contributed by atoms with Crippen LogP contribution in [0.25, 0.3) is 10.9 Å². The van der Waals surface area contributed by atoms with Crippen LogP contribution in [-0.2, 0) is 11.3 Å². The number of hydrogen-bond acceptors (Lipinski definition) is 3. The normalized spacial score (nSPS) is 10.4. The highest BCUT2D eigenvalue weighted by Crippen LogP contribution is 2.12. The molecule has 0 fully saturated rings. The van der Waals surface area contributed by atoms with Gasteiger partial charge in [-0.15, -0.1) is 0 Å². The summed E-state index contributed by atoms with van der Waals surface area (Å²) in [4.78, 5) is 23.1. The van der Waals surface area contributed by atoms with Gasteiger partial charge in [0.05, 0.1) is 12.6 Å². The van der Waals surface area contributed by atoms with Crippen molar-refractivity contribution < 1.29 is 9.53 Å². The molecular weight excluding hydrogens is 244 g/mol. The number of hydrogen-bond donors (Lipinski definition) is 1. The van der Waals surface area contributed by atoms with Gasteiger partial charge >= 0.3 is 6.09 Å². The molecule has 0 saturated heterocycles. The van der Waals surface area contributed by atoms with E-state index < -0.39 is 6.09 Å². The lowest BCUT2D eigenvalue weighted by molar-refractivity contribution is 0.170. The number of ether oxygens (including phenoxy) is 1. The van der Waals surface area contributed by atoms with Crippen LogP contribution in [-0.4, -0.2) is 24.3 Å². The molecule has 0 bridgehead atoms. The van der Waals surface area contributed by atoms with Crippen LogP contribution >= 0.6 is 0 Å².